The lowest BCUT2D eigenvalue weighted by atomic mass is 9.93. The molecule has 0 saturated carbocycles. The molecule has 1 aliphatic carbocycles. The van der Waals surface area contributed by atoms with Gasteiger partial charge in [-0.15, -0.1) is 0 Å². The van der Waals surface area contributed by atoms with Crippen molar-refractivity contribution >= 4 is 18.2 Å². The molecule has 1 aliphatic rings. The molecule has 0 saturated heterocycles. The van der Waals surface area contributed by atoms with E-state index in [9.17, 15) is 19.8 Å². The van der Waals surface area contributed by atoms with Gasteiger partial charge in [0.05, 0.1) is 11.8 Å². The number of allylic oxidation sites excluding steroid dienone is 15. The van der Waals surface area contributed by atoms with Crippen LogP contribution in [0, 0.1) is 29.1 Å². The van der Waals surface area contributed by atoms with Gasteiger partial charge in [-0.1, -0.05) is 106 Å². The fraction of sp³-hybridized carbons (Fsp3) is 0.488. The smallest absolute Gasteiger partial charge is 0.251 e. The molecule has 8 nitrogen and oxygen atoms in total. The van der Waals surface area contributed by atoms with Gasteiger partial charge in [0.1, 0.15) is 12.0 Å². The highest BCUT2D eigenvalue weighted by Gasteiger charge is 2.25. The molecule has 49 heavy (non-hydrogen) atoms. The molecule has 6 N–H and O–H groups in total. The van der Waals surface area contributed by atoms with Crippen molar-refractivity contribution in [2.75, 3.05) is 13.6 Å². The number of hydrogen-bond acceptors (Lipinski definition) is 5. The van der Waals surface area contributed by atoms with Crippen molar-refractivity contribution in [1.29, 1.82) is 5.41 Å². The number of hydrogen-bond donors (Lipinski definition) is 5. The Morgan fingerprint density at radius 3 is 2.27 bits per heavy atom. The van der Waals surface area contributed by atoms with Gasteiger partial charge in [0.2, 0.25) is 0 Å². The summed E-state index contributed by atoms with van der Waals surface area (Å²) in [5, 5.41) is 30.8. The predicted octanol–water partition coefficient (Wildman–Crippen LogP) is 8.15. The maximum Gasteiger partial charge on any atom is 0.251 e. The molecule has 0 bridgehead atoms. The molecule has 8 heteroatoms. The molecule has 5 atom stereocenters. The van der Waals surface area contributed by atoms with Gasteiger partial charge in [0, 0.05) is 43.8 Å². The molecule has 5 unspecified atom stereocenters. The zero-order valence-electron chi connectivity index (χ0n) is 30.6. The molecule has 270 valence electrons. The van der Waals surface area contributed by atoms with Crippen LogP contribution in [0.4, 0.5) is 0 Å². The largest absolute Gasteiger partial charge is 0.510 e. The Kier molecular flexibility index (Phi) is 21.8. The summed E-state index contributed by atoms with van der Waals surface area (Å²) in [5.41, 5.74) is 7.37. The van der Waals surface area contributed by atoms with E-state index < -0.39 is 6.10 Å². The lowest BCUT2D eigenvalue weighted by Crippen LogP contribution is -2.33. The number of aliphatic hydroxyl groups is 2. The number of nitrogens with one attached hydrogen (secondary N) is 2. The van der Waals surface area contributed by atoms with Crippen LogP contribution < -0.4 is 11.1 Å². The molecule has 0 fully saturated rings. The maximum absolute atomic E-state index is 12.3. The molecule has 0 aromatic carbocycles. The van der Waals surface area contributed by atoms with Crippen LogP contribution in [0.5, 0.6) is 0 Å². The summed E-state index contributed by atoms with van der Waals surface area (Å²) in [6.07, 6.45) is 35.2. The average Bonchev–Trinajstić information content (AvgIpc) is 3.42. The van der Waals surface area contributed by atoms with Crippen LogP contribution in [0.1, 0.15) is 86.0 Å². The first-order chi connectivity index (χ1) is 23.3. The quantitative estimate of drug-likeness (QED) is 0.0149. The number of aliphatic hydroxyl groups excluding tert-OH is 2. The summed E-state index contributed by atoms with van der Waals surface area (Å²) in [4.78, 5) is 25.0. The standard InChI is InChI=1S/C41H62N4O4/c1-31(21-15-12-13-20-26-45(6)41(42)43)22-16-14-17-23-32(2)27-35(5)39(48)33(3)24-18-10-8-7-9-11-19-25-34(4)40(49)44-37-28-36(30-46)29-38(37)47/h7-12,15-16,18-19,22,24-25,27,30-33,36,39,47-48H,13-14,17,20-21,23,26,28-29H2,1-6H3,(H3,42,43)(H,44,49)/b9-7+,10-8+,15-12+,19-11+,22-16+,24-18+,34-25+,35-27+. The van der Waals surface area contributed by atoms with E-state index in [0.29, 0.717) is 29.5 Å². The van der Waals surface area contributed by atoms with Gasteiger partial charge in [0.25, 0.3) is 5.91 Å². The van der Waals surface area contributed by atoms with Crippen molar-refractivity contribution in [2.45, 2.75) is 92.1 Å². The van der Waals surface area contributed by atoms with Crippen LogP contribution in [0.2, 0.25) is 0 Å². The molecule has 0 radical (unpaired) electrons. The number of guanidine groups is 1. The molecular formula is C41H62N4O4. The van der Waals surface area contributed by atoms with E-state index in [4.69, 9.17) is 11.1 Å². The third kappa shape index (κ3) is 19.4. The SMILES string of the molecule is C\C(=C/C=C/C=C/C=C/C=C/C(C)C(O)/C(C)=C/C(C)CCC/C=C/C(C)C/C=C/CCCN(C)C(=N)N)C(=O)NC1=C(O)CC(C=O)C1. The van der Waals surface area contributed by atoms with Crippen LogP contribution in [0.3, 0.4) is 0 Å². The second-order valence-electron chi connectivity index (χ2n) is 13.3. The van der Waals surface area contributed by atoms with Crippen molar-refractivity contribution in [3.8, 4) is 0 Å². The molecule has 1 rings (SSSR count). The Bertz CT molecular complexity index is 1310. The average molecular weight is 675 g/mol. The third-order valence-electron chi connectivity index (χ3n) is 8.47. The van der Waals surface area contributed by atoms with Crippen LogP contribution in [0.25, 0.3) is 0 Å². The lowest BCUT2D eigenvalue weighted by Gasteiger charge is -2.18. The first-order valence-electron chi connectivity index (χ1n) is 17.6. The first kappa shape index (κ1) is 42.9. The molecular weight excluding hydrogens is 612 g/mol. The second kappa shape index (κ2) is 24.9. The maximum atomic E-state index is 12.3. The number of aldehydes is 1. The predicted molar refractivity (Wildman–Crippen MR) is 205 cm³/mol. The van der Waals surface area contributed by atoms with Gasteiger partial charge >= 0.3 is 0 Å². The van der Waals surface area contributed by atoms with Crippen molar-refractivity contribution in [2.24, 2.45) is 29.4 Å². The molecule has 1 amide bonds. The van der Waals surface area contributed by atoms with Crippen molar-refractivity contribution in [3.05, 3.63) is 108 Å². The van der Waals surface area contributed by atoms with Crippen LogP contribution in [-0.4, -0.2) is 53.0 Å². The minimum absolute atomic E-state index is 0.0113. The van der Waals surface area contributed by atoms with E-state index in [1.807, 2.05) is 63.4 Å². The van der Waals surface area contributed by atoms with Gasteiger partial charge in [-0.05, 0) is 69.8 Å². The molecule has 0 aromatic heterocycles. The van der Waals surface area contributed by atoms with Crippen LogP contribution >= 0.6 is 0 Å². The number of amides is 1. The highest BCUT2D eigenvalue weighted by Crippen LogP contribution is 2.27. The fourth-order valence-corrected chi connectivity index (χ4v) is 5.23. The van der Waals surface area contributed by atoms with Crippen molar-refractivity contribution in [1.82, 2.24) is 10.2 Å². The Morgan fingerprint density at radius 1 is 0.959 bits per heavy atom. The second-order valence-corrected chi connectivity index (χ2v) is 13.3. The first-order valence-corrected chi connectivity index (χ1v) is 17.6. The number of nitrogens with two attached hydrogens (primary N) is 1. The Morgan fingerprint density at radius 2 is 1.61 bits per heavy atom. The molecule has 0 aliphatic heterocycles. The summed E-state index contributed by atoms with van der Waals surface area (Å²) < 4.78 is 0. The Labute approximate surface area is 295 Å². The lowest BCUT2D eigenvalue weighted by molar-refractivity contribution is -0.117. The summed E-state index contributed by atoms with van der Waals surface area (Å²) in [6, 6.07) is 0. The van der Waals surface area contributed by atoms with E-state index in [1.54, 1.807) is 24.0 Å². The Hall–Kier alpha value is -4.17. The Balaban J connectivity index is 2.33. The van der Waals surface area contributed by atoms with Gasteiger partial charge in [-0.3, -0.25) is 10.2 Å². The minimum atomic E-state index is -0.526. The zero-order valence-corrected chi connectivity index (χ0v) is 30.6. The van der Waals surface area contributed by atoms with E-state index in [0.717, 1.165) is 56.9 Å². The van der Waals surface area contributed by atoms with E-state index in [-0.39, 0.29) is 35.9 Å². The fourth-order valence-electron chi connectivity index (χ4n) is 5.23. The van der Waals surface area contributed by atoms with Crippen molar-refractivity contribution < 1.29 is 19.8 Å². The molecule has 0 spiro atoms. The van der Waals surface area contributed by atoms with Gasteiger partial charge in [0.15, 0.2) is 5.96 Å². The van der Waals surface area contributed by atoms with Gasteiger partial charge in [-0.25, -0.2) is 0 Å². The molecule has 0 heterocycles. The number of carbonyl (C=O) groups excluding carboxylic acids is 2. The minimum Gasteiger partial charge on any atom is -0.510 e. The van der Waals surface area contributed by atoms with Gasteiger partial charge < -0.3 is 31.0 Å². The zero-order chi connectivity index (χ0) is 36.6. The summed E-state index contributed by atoms with van der Waals surface area (Å²) in [6.45, 7) is 11.0. The normalized spacial score (nSPS) is 18.9. The number of nitrogens with zero attached hydrogens (tertiary/aromatic N) is 1. The van der Waals surface area contributed by atoms with E-state index in [2.05, 4.69) is 49.5 Å². The number of rotatable bonds is 22. The van der Waals surface area contributed by atoms with E-state index >= 15 is 0 Å². The van der Waals surface area contributed by atoms with Gasteiger partial charge in [-0.2, -0.15) is 0 Å². The van der Waals surface area contributed by atoms with Crippen LogP contribution in [-0.2, 0) is 9.59 Å². The topological polar surface area (TPSA) is 140 Å². The third-order valence-corrected chi connectivity index (χ3v) is 8.47. The van der Waals surface area contributed by atoms with Crippen LogP contribution in [0.15, 0.2) is 108 Å². The summed E-state index contributed by atoms with van der Waals surface area (Å²) in [7, 11) is 1.84. The summed E-state index contributed by atoms with van der Waals surface area (Å²) in [5.74, 6) is 0.517. The van der Waals surface area contributed by atoms with E-state index in [1.165, 1.54) is 0 Å². The number of unbranched alkanes of at least 4 members (excludes halogenated alkanes) is 2. The molecule has 0 aromatic rings. The highest BCUT2D eigenvalue weighted by molar-refractivity contribution is 5.94. The highest BCUT2D eigenvalue weighted by atomic mass is 16.3. The number of carbonyl (C=O) groups is 2. The monoisotopic (exact) mass is 674 g/mol. The summed E-state index contributed by atoms with van der Waals surface area (Å²) >= 11 is 0. The van der Waals surface area contributed by atoms with Crippen molar-refractivity contribution in [3.63, 3.8) is 0 Å².